The lowest BCUT2D eigenvalue weighted by Crippen LogP contribution is -2.56. The maximum atomic E-state index is 13.2. The van der Waals surface area contributed by atoms with Crippen molar-refractivity contribution in [1.29, 1.82) is 0 Å². The van der Waals surface area contributed by atoms with E-state index in [0.29, 0.717) is 11.6 Å². The molecule has 2 aliphatic heterocycles. The first-order valence-corrected chi connectivity index (χ1v) is 7.62. The minimum atomic E-state index is -0.387. The standard InChI is InChI=1S/C15H19FN2OS/c16-13-5-4-11(9-14(13)20)15(19)18-8-7-17-6-2-1-3-12(17)10-18/h4-5,9,12,20H,1-3,6-8,10H2. The van der Waals surface area contributed by atoms with Crippen LogP contribution < -0.4 is 0 Å². The van der Waals surface area contributed by atoms with Crippen molar-refractivity contribution in [3.05, 3.63) is 29.6 Å². The Labute approximate surface area is 124 Å². The van der Waals surface area contributed by atoms with Crippen molar-refractivity contribution in [3.63, 3.8) is 0 Å². The van der Waals surface area contributed by atoms with Crippen LogP contribution in [0.15, 0.2) is 23.1 Å². The van der Waals surface area contributed by atoms with Gasteiger partial charge in [0.2, 0.25) is 0 Å². The number of piperazine rings is 1. The van der Waals surface area contributed by atoms with Crippen LogP contribution >= 0.6 is 12.6 Å². The Morgan fingerprint density at radius 3 is 2.90 bits per heavy atom. The van der Waals surface area contributed by atoms with Gasteiger partial charge in [0.1, 0.15) is 5.82 Å². The number of hydrogen-bond acceptors (Lipinski definition) is 3. The summed E-state index contributed by atoms with van der Waals surface area (Å²) in [6, 6.07) is 4.88. The lowest BCUT2D eigenvalue weighted by atomic mass is 9.99. The van der Waals surface area contributed by atoms with Crippen LogP contribution in [0.2, 0.25) is 0 Å². The van der Waals surface area contributed by atoms with Crippen molar-refractivity contribution >= 4 is 18.5 Å². The smallest absolute Gasteiger partial charge is 0.253 e. The maximum Gasteiger partial charge on any atom is 0.253 e. The van der Waals surface area contributed by atoms with Gasteiger partial charge in [0.25, 0.3) is 5.91 Å². The maximum absolute atomic E-state index is 13.2. The molecule has 1 aromatic carbocycles. The molecule has 0 spiro atoms. The zero-order chi connectivity index (χ0) is 14.1. The van der Waals surface area contributed by atoms with Gasteiger partial charge in [0.05, 0.1) is 0 Å². The number of benzene rings is 1. The number of rotatable bonds is 1. The largest absolute Gasteiger partial charge is 0.336 e. The Morgan fingerprint density at radius 2 is 2.10 bits per heavy atom. The van der Waals surface area contributed by atoms with Gasteiger partial charge in [-0.3, -0.25) is 9.69 Å². The normalized spacial score (nSPS) is 23.5. The van der Waals surface area contributed by atoms with E-state index in [9.17, 15) is 9.18 Å². The number of fused-ring (bicyclic) bond motifs is 1. The second-order valence-electron chi connectivity index (χ2n) is 5.60. The molecule has 0 aromatic heterocycles. The van der Waals surface area contributed by atoms with Gasteiger partial charge in [-0.1, -0.05) is 6.42 Å². The Hall–Kier alpha value is -1.07. The molecule has 5 heteroatoms. The molecule has 3 rings (SSSR count). The first-order valence-electron chi connectivity index (χ1n) is 7.17. The molecule has 108 valence electrons. The predicted molar refractivity (Wildman–Crippen MR) is 78.8 cm³/mol. The van der Waals surface area contributed by atoms with Crippen molar-refractivity contribution in [1.82, 2.24) is 9.80 Å². The van der Waals surface area contributed by atoms with E-state index >= 15 is 0 Å². The molecule has 2 saturated heterocycles. The third-order valence-electron chi connectivity index (χ3n) is 4.32. The number of halogens is 1. The molecule has 1 atom stereocenters. The highest BCUT2D eigenvalue weighted by atomic mass is 32.1. The van der Waals surface area contributed by atoms with Crippen LogP contribution in [0.4, 0.5) is 4.39 Å². The van der Waals surface area contributed by atoms with E-state index in [0.717, 1.165) is 26.2 Å². The Bertz CT molecular complexity index is 523. The van der Waals surface area contributed by atoms with Crippen molar-refractivity contribution in [3.8, 4) is 0 Å². The second-order valence-corrected chi connectivity index (χ2v) is 6.08. The number of hydrogen-bond donors (Lipinski definition) is 1. The van der Waals surface area contributed by atoms with Crippen molar-refractivity contribution in [2.75, 3.05) is 26.2 Å². The summed E-state index contributed by atoms with van der Waals surface area (Å²) in [5.41, 5.74) is 0.528. The van der Waals surface area contributed by atoms with E-state index in [-0.39, 0.29) is 16.6 Å². The minimum absolute atomic E-state index is 0.00877. The Balaban J connectivity index is 1.72. The molecular formula is C15H19FN2OS. The van der Waals surface area contributed by atoms with Gasteiger partial charge < -0.3 is 4.90 Å². The average molecular weight is 294 g/mol. The molecule has 0 radical (unpaired) electrons. The average Bonchev–Trinajstić information content (AvgIpc) is 2.49. The molecule has 1 unspecified atom stereocenters. The summed E-state index contributed by atoms with van der Waals surface area (Å²) in [6.07, 6.45) is 3.69. The summed E-state index contributed by atoms with van der Waals surface area (Å²) in [5, 5.41) is 0. The van der Waals surface area contributed by atoms with Gasteiger partial charge in [0, 0.05) is 36.1 Å². The molecule has 0 aliphatic carbocycles. The van der Waals surface area contributed by atoms with E-state index in [1.54, 1.807) is 6.07 Å². The molecule has 0 saturated carbocycles. The number of piperidine rings is 1. The van der Waals surface area contributed by atoms with E-state index in [2.05, 4.69) is 17.5 Å². The summed E-state index contributed by atoms with van der Waals surface area (Å²) in [4.78, 5) is 17.1. The lowest BCUT2D eigenvalue weighted by molar-refractivity contribution is 0.0372. The molecule has 2 heterocycles. The molecule has 1 amide bonds. The highest BCUT2D eigenvalue weighted by Gasteiger charge is 2.31. The first kappa shape index (κ1) is 13.9. The lowest BCUT2D eigenvalue weighted by Gasteiger charge is -2.44. The molecule has 1 aromatic rings. The predicted octanol–water partition coefficient (Wildman–Crippen LogP) is 2.42. The van der Waals surface area contributed by atoms with Crippen LogP contribution in [0.25, 0.3) is 0 Å². The molecule has 2 fully saturated rings. The monoisotopic (exact) mass is 294 g/mol. The summed E-state index contributed by atoms with van der Waals surface area (Å²) < 4.78 is 13.2. The van der Waals surface area contributed by atoms with E-state index in [4.69, 9.17) is 0 Å². The molecule has 3 nitrogen and oxygen atoms in total. The second kappa shape index (κ2) is 5.74. The quantitative estimate of drug-likeness (QED) is 0.804. The van der Waals surface area contributed by atoms with Crippen LogP contribution in [0, 0.1) is 5.82 Å². The Morgan fingerprint density at radius 1 is 1.25 bits per heavy atom. The third-order valence-corrected chi connectivity index (χ3v) is 4.66. The van der Waals surface area contributed by atoms with Gasteiger partial charge in [-0.15, -0.1) is 12.6 Å². The molecule has 2 aliphatic rings. The Kier molecular flexibility index (Phi) is 3.98. The highest BCUT2D eigenvalue weighted by molar-refractivity contribution is 7.80. The topological polar surface area (TPSA) is 23.6 Å². The summed E-state index contributed by atoms with van der Waals surface area (Å²) in [5.74, 6) is -0.396. The fraction of sp³-hybridized carbons (Fsp3) is 0.533. The van der Waals surface area contributed by atoms with Gasteiger partial charge >= 0.3 is 0 Å². The van der Waals surface area contributed by atoms with Crippen LogP contribution in [0.3, 0.4) is 0 Å². The van der Waals surface area contributed by atoms with E-state index in [1.165, 1.54) is 31.4 Å². The number of nitrogens with zero attached hydrogens (tertiary/aromatic N) is 2. The minimum Gasteiger partial charge on any atom is -0.336 e. The van der Waals surface area contributed by atoms with Gasteiger partial charge in [-0.25, -0.2) is 4.39 Å². The van der Waals surface area contributed by atoms with Crippen LogP contribution in [0.5, 0.6) is 0 Å². The first-order chi connectivity index (χ1) is 9.65. The van der Waals surface area contributed by atoms with Crippen molar-refractivity contribution in [2.24, 2.45) is 0 Å². The molecule has 20 heavy (non-hydrogen) atoms. The van der Waals surface area contributed by atoms with E-state index in [1.807, 2.05) is 4.90 Å². The fourth-order valence-corrected chi connectivity index (χ4v) is 3.38. The number of thiol groups is 1. The summed E-state index contributed by atoms with van der Waals surface area (Å²) >= 11 is 4.05. The molecular weight excluding hydrogens is 275 g/mol. The number of amides is 1. The summed E-state index contributed by atoms with van der Waals surface area (Å²) in [7, 11) is 0. The van der Waals surface area contributed by atoms with Crippen LogP contribution in [-0.2, 0) is 0 Å². The zero-order valence-corrected chi connectivity index (χ0v) is 12.3. The zero-order valence-electron chi connectivity index (χ0n) is 11.4. The van der Waals surface area contributed by atoms with Crippen LogP contribution in [-0.4, -0.2) is 47.9 Å². The fourth-order valence-electron chi connectivity index (χ4n) is 3.17. The van der Waals surface area contributed by atoms with Gasteiger partial charge in [0.15, 0.2) is 0 Å². The number of carbonyl (C=O) groups excluding carboxylic acids is 1. The number of carbonyl (C=O) groups is 1. The van der Waals surface area contributed by atoms with Gasteiger partial charge in [-0.05, 0) is 37.6 Å². The molecule has 0 N–H and O–H groups in total. The third kappa shape index (κ3) is 2.69. The van der Waals surface area contributed by atoms with Crippen molar-refractivity contribution < 1.29 is 9.18 Å². The van der Waals surface area contributed by atoms with Crippen molar-refractivity contribution in [2.45, 2.75) is 30.2 Å². The highest BCUT2D eigenvalue weighted by Crippen LogP contribution is 2.23. The van der Waals surface area contributed by atoms with Gasteiger partial charge in [-0.2, -0.15) is 0 Å². The summed E-state index contributed by atoms with van der Waals surface area (Å²) in [6.45, 7) is 3.65. The molecule has 0 bridgehead atoms. The SMILES string of the molecule is O=C(c1ccc(F)c(S)c1)N1CCN2CCCCC2C1. The van der Waals surface area contributed by atoms with E-state index < -0.39 is 0 Å². The van der Waals surface area contributed by atoms with Crippen LogP contribution in [0.1, 0.15) is 29.6 Å².